The molecule has 21 heavy (non-hydrogen) atoms. The van der Waals surface area contributed by atoms with Crippen molar-refractivity contribution in [1.29, 1.82) is 0 Å². The van der Waals surface area contributed by atoms with Crippen LogP contribution in [0, 0.1) is 0 Å². The van der Waals surface area contributed by atoms with Gasteiger partial charge in [-0.1, -0.05) is 0 Å². The van der Waals surface area contributed by atoms with Gasteiger partial charge in [-0.15, -0.1) is 0 Å². The van der Waals surface area contributed by atoms with Crippen molar-refractivity contribution in [2.75, 3.05) is 26.8 Å². The molecule has 2 rings (SSSR count). The molecule has 1 aromatic heterocycles. The van der Waals surface area contributed by atoms with Crippen LogP contribution in [0.5, 0.6) is 11.8 Å². The highest BCUT2D eigenvalue weighted by Crippen LogP contribution is 2.23. The van der Waals surface area contributed by atoms with Crippen molar-refractivity contribution < 1.29 is 23.8 Å². The van der Waals surface area contributed by atoms with Crippen LogP contribution in [0.4, 0.5) is 0 Å². The van der Waals surface area contributed by atoms with E-state index in [-0.39, 0.29) is 24.5 Å². The van der Waals surface area contributed by atoms with Crippen LogP contribution in [0.1, 0.15) is 13.3 Å². The predicted molar refractivity (Wildman–Crippen MR) is 70.8 cm³/mol. The van der Waals surface area contributed by atoms with E-state index >= 15 is 0 Å². The summed E-state index contributed by atoms with van der Waals surface area (Å²) in [6.45, 7) is 2.57. The molecule has 1 unspecified atom stereocenters. The molecule has 1 aliphatic rings. The largest absolute Gasteiger partial charge is 0.477 e. The zero-order chi connectivity index (χ0) is 15.2. The minimum atomic E-state index is -0.838. The normalized spacial score (nSPS) is 17.4. The van der Waals surface area contributed by atoms with E-state index in [1.165, 1.54) is 24.4 Å². The Balaban J connectivity index is 1.93. The number of hydrogen-bond donors (Lipinski definition) is 0. The van der Waals surface area contributed by atoms with Gasteiger partial charge in [-0.3, -0.25) is 4.79 Å². The molecule has 0 aromatic carbocycles. The van der Waals surface area contributed by atoms with Crippen molar-refractivity contribution >= 4 is 11.9 Å². The van der Waals surface area contributed by atoms with E-state index in [0.717, 1.165) is 0 Å². The third kappa shape index (κ3) is 3.59. The van der Waals surface area contributed by atoms with Crippen molar-refractivity contribution in [3.05, 3.63) is 12.4 Å². The number of ether oxygens (including phenoxy) is 3. The van der Waals surface area contributed by atoms with Gasteiger partial charge >= 0.3 is 11.9 Å². The van der Waals surface area contributed by atoms with E-state index in [1.807, 2.05) is 0 Å². The number of carbonyl (C=O) groups excluding carboxylic acids is 2. The lowest BCUT2D eigenvalue weighted by molar-refractivity contribution is -0.159. The SMILES string of the molecule is CCOC(=O)C(=O)N1CCC(Oc2nccnc2OC)C1. The summed E-state index contributed by atoms with van der Waals surface area (Å²) in [7, 11) is 1.47. The Morgan fingerprint density at radius 2 is 2.05 bits per heavy atom. The smallest absolute Gasteiger partial charge is 0.397 e. The van der Waals surface area contributed by atoms with Crippen molar-refractivity contribution in [3.63, 3.8) is 0 Å². The highest BCUT2D eigenvalue weighted by atomic mass is 16.5. The fraction of sp³-hybridized carbons (Fsp3) is 0.538. The number of carbonyl (C=O) groups is 2. The summed E-state index contributed by atoms with van der Waals surface area (Å²) in [6.07, 6.45) is 3.34. The quantitative estimate of drug-likeness (QED) is 0.571. The van der Waals surface area contributed by atoms with Crippen molar-refractivity contribution in [3.8, 4) is 11.8 Å². The highest BCUT2D eigenvalue weighted by molar-refractivity contribution is 6.32. The Morgan fingerprint density at radius 3 is 2.71 bits per heavy atom. The molecule has 2 heterocycles. The van der Waals surface area contributed by atoms with E-state index in [1.54, 1.807) is 6.92 Å². The Hall–Kier alpha value is -2.38. The standard InChI is InChI=1S/C13H17N3O5/c1-3-20-13(18)12(17)16-7-4-9(8-16)21-11-10(19-2)14-5-6-15-11/h5-6,9H,3-4,7-8H2,1-2H3. The number of rotatable bonds is 4. The fourth-order valence-corrected chi connectivity index (χ4v) is 2.02. The Kier molecular flexibility index (Phi) is 4.91. The molecular formula is C13H17N3O5. The van der Waals surface area contributed by atoms with Crippen LogP contribution in [-0.4, -0.2) is 59.7 Å². The first-order chi connectivity index (χ1) is 10.2. The summed E-state index contributed by atoms with van der Waals surface area (Å²) >= 11 is 0. The maximum absolute atomic E-state index is 11.8. The molecular weight excluding hydrogens is 278 g/mol. The Morgan fingerprint density at radius 1 is 1.33 bits per heavy atom. The van der Waals surface area contributed by atoms with Gasteiger partial charge in [0.15, 0.2) is 0 Å². The lowest BCUT2D eigenvalue weighted by Gasteiger charge is -2.16. The average molecular weight is 295 g/mol. The average Bonchev–Trinajstić information content (AvgIpc) is 2.95. The van der Waals surface area contributed by atoms with Crippen LogP contribution in [0.3, 0.4) is 0 Å². The molecule has 0 saturated carbocycles. The van der Waals surface area contributed by atoms with E-state index < -0.39 is 11.9 Å². The second-order valence-corrected chi connectivity index (χ2v) is 4.37. The zero-order valence-corrected chi connectivity index (χ0v) is 11.9. The van der Waals surface area contributed by atoms with Crippen LogP contribution in [0.25, 0.3) is 0 Å². The van der Waals surface area contributed by atoms with E-state index in [4.69, 9.17) is 14.2 Å². The molecule has 8 nitrogen and oxygen atoms in total. The highest BCUT2D eigenvalue weighted by Gasteiger charge is 2.32. The van der Waals surface area contributed by atoms with E-state index in [9.17, 15) is 9.59 Å². The van der Waals surface area contributed by atoms with Crippen molar-refractivity contribution in [2.45, 2.75) is 19.4 Å². The molecule has 1 atom stereocenters. The minimum absolute atomic E-state index is 0.176. The molecule has 0 bridgehead atoms. The van der Waals surface area contributed by atoms with Crippen molar-refractivity contribution in [2.24, 2.45) is 0 Å². The van der Waals surface area contributed by atoms with Crippen LogP contribution in [0.15, 0.2) is 12.4 Å². The van der Waals surface area contributed by atoms with Gasteiger partial charge in [0.25, 0.3) is 11.8 Å². The van der Waals surface area contributed by atoms with Gasteiger partial charge in [-0.2, -0.15) is 0 Å². The summed E-state index contributed by atoms with van der Waals surface area (Å²) in [5, 5.41) is 0. The first kappa shape index (κ1) is 15.0. The van der Waals surface area contributed by atoms with Gasteiger partial charge in [0.2, 0.25) is 0 Å². The van der Waals surface area contributed by atoms with Crippen LogP contribution in [-0.2, 0) is 14.3 Å². The van der Waals surface area contributed by atoms with Crippen LogP contribution >= 0.6 is 0 Å². The van der Waals surface area contributed by atoms with Gasteiger partial charge in [0, 0.05) is 25.4 Å². The second kappa shape index (κ2) is 6.87. The van der Waals surface area contributed by atoms with E-state index in [0.29, 0.717) is 19.5 Å². The van der Waals surface area contributed by atoms with Gasteiger partial charge in [-0.25, -0.2) is 14.8 Å². The van der Waals surface area contributed by atoms with Crippen LogP contribution < -0.4 is 9.47 Å². The number of methoxy groups -OCH3 is 1. The molecule has 1 amide bonds. The molecule has 0 aliphatic carbocycles. The monoisotopic (exact) mass is 295 g/mol. The first-order valence-electron chi connectivity index (χ1n) is 6.63. The molecule has 0 N–H and O–H groups in total. The minimum Gasteiger partial charge on any atom is -0.477 e. The first-order valence-corrected chi connectivity index (χ1v) is 6.63. The maximum Gasteiger partial charge on any atom is 0.397 e. The summed E-state index contributed by atoms with van der Waals surface area (Å²) in [6, 6.07) is 0. The predicted octanol–water partition coefficient (Wildman–Crippen LogP) is 0.0280. The third-order valence-corrected chi connectivity index (χ3v) is 2.99. The number of likely N-dealkylation sites (tertiary alicyclic amines) is 1. The van der Waals surface area contributed by atoms with E-state index in [2.05, 4.69) is 9.97 Å². The third-order valence-electron chi connectivity index (χ3n) is 2.99. The molecule has 1 aliphatic heterocycles. The summed E-state index contributed by atoms with van der Waals surface area (Å²) in [4.78, 5) is 32.6. The summed E-state index contributed by atoms with van der Waals surface area (Å²) in [5.41, 5.74) is 0. The lowest BCUT2D eigenvalue weighted by atomic mass is 10.3. The maximum atomic E-state index is 11.8. The molecule has 1 saturated heterocycles. The van der Waals surface area contributed by atoms with Gasteiger partial charge in [0.05, 0.1) is 20.3 Å². The van der Waals surface area contributed by atoms with Crippen molar-refractivity contribution in [1.82, 2.24) is 14.9 Å². The Labute approximate surface area is 122 Å². The summed E-state index contributed by atoms with van der Waals surface area (Å²) in [5.74, 6) is -0.924. The van der Waals surface area contributed by atoms with Gasteiger partial charge in [0.1, 0.15) is 6.10 Å². The van der Waals surface area contributed by atoms with Gasteiger partial charge < -0.3 is 19.1 Å². The molecule has 0 radical (unpaired) electrons. The molecule has 8 heteroatoms. The molecule has 1 fully saturated rings. The topological polar surface area (TPSA) is 90.9 Å². The second-order valence-electron chi connectivity index (χ2n) is 4.37. The summed E-state index contributed by atoms with van der Waals surface area (Å²) < 4.78 is 15.4. The molecule has 114 valence electrons. The number of esters is 1. The van der Waals surface area contributed by atoms with Gasteiger partial charge in [-0.05, 0) is 6.92 Å². The zero-order valence-electron chi connectivity index (χ0n) is 11.9. The number of amides is 1. The molecule has 0 spiro atoms. The molecule has 1 aromatic rings. The number of hydrogen-bond acceptors (Lipinski definition) is 7. The number of aromatic nitrogens is 2. The van der Waals surface area contributed by atoms with Crippen LogP contribution in [0.2, 0.25) is 0 Å². The Bertz CT molecular complexity index is 522. The number of nitrogens with zero attached hydrogens (tertiary/aromatic N) is 3. The lowest BCUT2D eigenvalue weighted by Crippen LogP contribution is -2.37. The fourth-order valence-electron chi connectivity index (χ4n) is 2.02.